The Hall–Kier alpha value is -2.26. The highest BCUT2D eigenvalue weighted by Gasteiger charge is 2.13. The molecule has 3 heteroatoms. The van der Waals surface area contributed by atoms with Crippen LogP contribution in [0.2, 0.25) is 0 Å². The number of aliphatic hydroxyl groups is 1. The largest absolute Gasteiger partial charge is 0.470 e. The van der Waals surface area contributed by atoms with E-state index in [9.17, 15) is 5.11 Å². The molecule has 1 aromatic rings. The summed E-state index contributed by atoms with van der Waals surface area (Å²) in [5.74, 6) is 0.680. The number of hydrogen-bond donors (Lipinski definition) is 2. The maximum atomic E-state index is 9.29. The van der Waals surface area contributed by atoms with Crippen LogP contribution < -0.4 is 5.32 Å². The van der Waals surface area contributed by atoms with Gasteiger partial charge in [-0.15, -0.1) is 0 Å². The average Bonchev–Trinajstić information content (AvgIpc) is 2.47. The smallest absolute Gasteiger partial charge is 0.0986 e. The third-order valence-electron chi connectivity index (χ3n) is 3.43. The van der Waals surface area contributed by atoms with Gasteiger partial charge in [-0.2, -0.15) is 0 Å². The molecule has 1 aliphatic rings. The van der Waals surface area contributed by atoms with Gasteiger partial charge < -0.3 is 15.2 Å². The van der Waals surface area contributed by atoms with Gasteiger partial charge in [-0.3, -0.25) is 0 Å². The van der Waals surface area contributed by atoms with Crippen molar-refractivity contribution in [1.29, 1.82) is 0 Å². The van der Waals surface area contributed by atoms with E-state index in [0.29, 0.717) is 5.76 Å². The van der Waals surface area contributed by atoms with Crippen molar-refractivity contribution in [1.82, 2.24) is 5.32 Å². The maximum Gasteiger partial charge on any atom is 0.0986 e. The quantitative estimate of drug-likeness (QED) is 0.808. The van der Waals surface area contributed by atoms with E-state index in [1.54, 1.807) is 19.3 Å². The lowest BCUT2D eigenvalue weighted by Crippen LogP contribution is -2.17. The zero-order valence-corrected chi connectivity index (χ0v) is 13.3. The lowest BCUT2D eigenvalue weighted by atomic mass is 9.94. The highest BCUT2D eigenvalue weighted by molar-refractivity contribution is 5.57. The molecule has 0 amide bonds. The van der Waals surface area contributed by atoms with Crippen LogP contribution in [0.1, 0.15) is 36.6 Å². The first-order valence-electron chi connectivity index (χ1n) is 7.46. The standard InChI is InChI=1S/C19H23NO2/c1-14-7-6-8-17(10-12-22-16(3)13-15(2)21)19(14)18-9-4-5-11-20-18/h4-13,15,18,20-21H,1-3H3/b12-10+,16-13-. The second kappa shape index (κ2) is 7.66. The van der Waals surface area contributed by atoms with Gasteiger partial charge in [0.2, 0.25) is 0 Å². The maximum absolute atomic E-state index is 9.29. The van der Waals surface area contributed by atoms with Gasteiger partial charge in [-0.1, -0.05) is 30.4 Å². The molecule has 1 aliphatic heterocycles. The minimum atomic E-state index is -0.508. The molecule has 3 nitrogen and oxygen atoms in total. The van der Waals surface area contributed by atoms with Gasteiger partial charge in [-0.05, 0) is 61.9 Å². The van der Waals surface area contributed by atoms with Gasteiger partial charge >= 0.3 is 0 Å². The van der Waals surface area contributed by atoms with Crippen LogP contribution in [-0.4, -0.2) is 11.2 Å². The number of aryl methyl sites for hydroxylation is 1. The Bertz CT molecular complexity index is 624. The van der Waals surface area contributed by atoms with E-state index in [0.717, 1.165) is 5.56 Å². The summed E-state index contributed by atoms with van der Waals surface area (Å²) in [6, 6.07) is 6.39. The Labute approximate surface area is 132 Å². The number of allylic oxidation sites excluding steroid dienone is 3. The molecule has 0 saturated heterocycles. The van der Waals surface area contributed by atoms with Crippen molar-refractivity contribution in [3.05, 3.63) is 77.4 Å². The molecule has 0 aliphatic carbocycles. The van der Waals surface area contributed by atoms with Crippen LogP contribution >= 0.6 is 0 Å². The number of benzene rings is 1. The van der Waals surface area contributed by atoms with E-state index >= 15 is 0 Å². The van der Waals surface area contributed by atoms with Crippen LogP contribution in [0.3, 0.4) is 0 Å². The Morgan fingerprint density at radius 2 is 2.18 bits per heavy atom. The predicted molar refractivity (Wildman–Crippen MR) is 90.9 cm³/mol. The number of rotatable bonds is 5. The molecule has 22 heavy (non-hydrogen) atoms. The fourth-order valence-corrected chi connectivity index (χ4v) is 2.49. The molecule has 2 rings (SSSR count). The minimum Gasteiger partial charge on any atom is -0.470 e. The molecule has 0 bridgehead atoms. The van der Waals surface area contributed by atoms with Crippen LogP contribution in [-0.2, 0) is 4.74 Å². The fraction of sp³-hybridized carbons (Fsp3) is 0.263. The molecular weight excluding hydrogens is 274 g/mol. The summed E-state index contributed by atoms with van der Waals surface area (Å²) in [7, 11) is 0. The molecule has 2 unspecified atom stereocenters. The molecule has 2 N–H and O–H groups in total. The van der Waals surface area contributed by atoms with Gasteiger partial charge in [0, 0.05) is 0 Å². The molecule has 0 saturated carbocycles. The predicted octanol–water partition coefficient (Wildman–Crippen LogP) is 3.98. The molecule has 0 fully saturated rings. The number of hydrogen-bond acceptors (Lipinski definition) is 3. The monoisotopic (exact) mass is 297 g/mol. The van der Waals surface area contributed by atoms with E-state index in [2.05, 4.69) is 30.4 Å². The van der Waals surface area contributed by atoms with Gasteiger partial charge in [-0.25, -0.2) is 0 Å². The molecule has 116 valence electrons. The summed E-state index contributed by atoms with van der Waals surface area (Å²) in [6.45, 7) is 5.63. The highest BCUT2D eigenvalue weighted by atomic mass is 16.5. The van der Waals surface area contributed by atoms with Crippen molar-refractivity contribution >= 4 is 6.08 Å². The third-order valence-corrected chi connectivity index (χ3v) is 3.43. The van der Waals surface area contributed by atoms with Gasteiger partial charge in [0.15, 0.2) is 0 Å². The van der Waals surface area contributed by atoms with E-state index in [1.807, 2.05) is 37.4 Å². The summed E-state index contributed by atoms with van der Waals surface area (Å²) in [5.41, 5.74) is 3.58. The van der Waals surface area contributed by atoms with Crippen LogP contribution in [0, 0.1) is 6.92 Å². The zero-order chi connectivity index (χ0) is 15.9. The third kappa shape index (κ3) is 4.37. The van der Waals surface area contributed by atoms with Crippen molar-refractivity contribution in [3.63, 3.8) is 0 Å². The van der Waals surface area contributed by atoms with Crippen molar-refractivity contribution in [2.75, 3.05) is 0 Å². The SMILES string of the molecule is C/C(=C/C(C)O)O/C=C/c1cccc(C)c1C1C=CC=CN1. The van der Waals surface area contributed by atoms with Crippen LogP contribution in [0.5, 0.6) is 0 Å². The van der Waals surface area contributed by atoms with Crippen molar-refractivity contribution < 1.29 is 9.84 Å². The first kappa shape index (κ1) is 16.1. The second-order valence-corrected chi connectivity index (χ2v) is 5.40. The summed E-state index contributed by atoms with van der Waals surface area (Å²) < 4.78 is 5.51. The number of ether oxygens (including phenoxy) is 1. The van der Waals surface area contributed by atoms with Crippen LogP contribution in [0.4, 0.5) is 0 Å². The zero-order valence-electron chi connectivity index (χ0n) is 13.3. The first-order chi connectivity index (χ1) is 10.6. The normalized spacial score (nSPS) is 19.3. The number of dihydropyridines is 1. The number of aliphatic hydroxyl groups excluding tert-OH is 1. The molecule has 1 aromatic carbocycles. The van der Waals surface area contributed by atoms with E-state index in [4.69, 9.17) is 4.74 Å². The Morgan fingerprint density at radius 3 is 2.86 bits per heavy atom. The van der Waals surface area contributed by atoms with Crippen molar-refractivity contribution in [2.45, 2.75) is 32.9 Å². The van der Waals surface area contributed by atoms with Gasteiger partial charge in [0.05, 0.1) is 24.2 Å². The van der Waals surface area contributed by atoms with Gasteiger partial charge in [0.25, 0.3) is 0 Å². The number of nitrogens with one attached hydrogen (secondary N) is 1. The summed E-state index contributed by atoms with van der Waals surface area (Å²) in [4.78, 5) is 0. The molecule has 0 radical (unpaired) electrons. The lowest BCUT2D eigenvalue weighted by molar-refractivity contribution is 0.235. The molecule has 0 aromatic heterocycles. The van der Waals surface area contributed by atoms with Crippen LogP contribution in [0.15, 0.2) is 60.7 Å². The Morgan fingerprint density at radius 1 is 1.36 bits per heavy atom. The molecular formula is C19H23NO2. The lowest BCUT2D eigenvalue weighted by Gasteiger charge is -2.20. The molecule has 0 spiro atoms. The van der Waals surface area contributed by atoms with E-state index in [1.165, 1.54) is 11.1 Å². The van der Waals surface area contributed by atoms with Crippen molar-refractivity contribution in [2.24, 2.45) is 0 Å². The average molecular weight is 297 g/mol. The summed E-state index contributed by atoms with van der Waals surface area (Å²) in [6.07, 6.45) is 12.9. The second-order valence-electron chi connectivity index (χ2n) is 5.40. The van der Waals surface area contributed by atoms with E-state index in [-0.39, 0.29) is 6.04 Å². The van der Waals surface area contributed by atoms with Gasteiger partial charge in [0.1, 0.15) is 0 Å². The Balaban J connectivity index is 2.19. The van der Waals surface area contributed by atoms with E-state index < -0.39 is 6.10 Å². The summed E-state index contributed by atoms with van der Waals surface area (Å²) >= 11 is 0. The first-order valence-corrected chi connectivity index (χ1v) is 7.46. The summed E-state index contributed by atoms with van der Waals surface area (Å²) in [5, 5.41) is 12.6. The molecule has 1 heterocycles. The fourth-order valence-electron chi connectivity index (χ4n) is 2.49. The Kier molecular flexibility index (Phi) is 5.61. The topological polar surface area (TPSA) is 41.5 Å². The minimum absolute atomic E-state index is 0.167. The highest BCUT2D eigenvalue weighted by Crippen LogP contribution is 2.26. The molecule has 2 atom stereocenters. The van der Waals surface area contributed by atoms with Crippen molar-refractivity contribution in [3.8, 4) is 0 Å². The van der Waals surface area contributed by atoms with Crippen LogP contribution in [0.25, 0.3) is 6.08 Å².